The fourth-order valence-corrected chi connectivity index (χ4v) is 3.66. The van der Waals surface area contributed by atoms with Crippen LogP contribution in [0, 0.1) is 11.6 Å². The Morgan fingerprint density at radius 3 is 2.66 bits per heavy atom. The van der Waals surface area contributed by atoms with Crippen LogP contribution in [0.2, 0.25) is 5.02 Å². The van der Waals surface area contributed by atoms with E-state index < -0.39 is 32.9 Å². The summed E-state index contributed by atoms with van der Waals surface area (Å²) in [6.07, 6.45) is -0.479. The number of amides is 1. The molecule has 32 heavy (non-hydrogen) atoms. The first kappa shape index (κ1) is 21.4. The number of fused-ring (bicyclic) bond motifs is 1. The first-order valence-electron chi connectivity index (χ1n) is 8.52. The van der Waals surface area contributed by atoms with E-state index in [2.05, 4.69) is 24.3 Å². The highest BCUT2D eigenvalue weighted by molar-refractivity contribution is 7.87. The van der Waals surface area contributed by atoms with E-state index in [9.17, 15) is 22.0 Å². The SMILES string of the molecule is NC(=O)OS(=O)(=O)c1cc(-c2[nH]nc3nc(Oc4ccc(F)cc4F)ccc23)c(Cl)cn1. The molecule has 0 fully saturated rings. The lowest BCUT2D eigenvalue weighted by Gasteiger charge is -2.07. The number of rotatable bonds is 5. The molecule has 0 radical (unpaired) electrons. The van der Waals surface area contributed by atoms with Gasteiger partial charge in [-0.1, -0.05) is 11.6 Å². The third kappa shape index (κ3) is 4.15. The molecule has 3 aromatic heterocycles. The van der Waals surface area contributed by atoms with Crippen LogP contribution in [-0.4, -0.2) is 34.7 Å². The number of carbonyl (C=O) groups excluding carboxylic acids is 1. The van der Waals surface area contributed by atoms with E-state index in [-0.39, 0.29) is 33.6 Å². The number of nitrogens with one attached hydrogen (secondary N) is 1. The predicted octanol–water partition coefficient (Wildman–Crippen LogP) is 3.53. The monoisotopic (exact) mass is 481 g/mol. The number of aromatic amines is 1. The number of carbonyl (C=O) groups is 1. The first-order chi connectivity index (χ1) is 15.1. The van der Waals surface area contributed by atoms with Gasteiger partial charge in [0, 0.05) is 29.3 Å². The number of primary amides is 1. The molecule has 14 heteroatoms. The molecule has 3 N–H and O–H groups in total. The van der Waals surface area contributed by atoms with Gasteiger partial charge in [-0.05, 0) is 24.3 Å². The van der Waals surface area contributed by atoms with Gasteiger partial charge in [0.05, 0.1) is 10.7 Å². The largest absolute Gasteiger partial charge is 0.436 e. The molecule has 1 amide bonds. The maximum Gasteiger partial charge on any atom is 0.420 e. The summed E-state index contributed by atoms with van der Waals surface area (Å²) in [6.45, 7) is 0. The Morgan fingerprint density at radius 1 is 1.16 bits per heavy atom. The van der Waals surface area contributed by atoms with Gasteiger partial charge >= 0.3 is 16.2 Å². The second-order valence-corrected chi connectivity index (χ2v) is 8.06. The van der Waals surface area contributed by atoms with Crippen LogP contribution in [0.5, 0.6) is 11.6 Å². The number of hydrogen-bond acceptors (Lipinski definition) is 8. The number of ether oxygens (including phenoxy) is 1. The number of H-pyrrole nitrogens is 1. The van der Waals surface area contributed by atoms with Gasteiger partial charge in [0.2, 0.25) is 5.88 Å². The van der Waals surface area contributed by atoms with Crippen LogP contribution in [0.15, 0.2) is 47.6 Å². The number of nitrogens with two attached hydrogens (primary N) is 1. The average Bonchev–Trinajstić information content (AvgIpc) is 3.12. The van der Waals surface area contributed by atoms with E-state index >= 15 is 0 Å². The second-order valence-electron chi connectivity index (χ2n) is 6.15. The van der Waals surface area contributed by atoms with Gasteiger partial charge in [0.1, 0.15) is 5.82 Å². The number of pyridine rings is 2. The van der Waals surface area contributed by atoms with E-state index in [0.717, 1.165) is 24.4 Å². The van der Waals surface area contributed by atoms with Gasteiger partial charge in [-0.25, -0.2) is 18.6 Å². The predicted molar refractivity (Wildman–Crippen MR) is 106 cm³/mol. The first-order valence-corrected chi connectivity index (χ1v) is 10.3. The number of benzene rings is 1. The van der Waals surface area contributed by atoms with Gasteiger partial charge in [-0.15, -0.1) is 0 Å². The second kappa shape index (κ2) is 8.01. The van der Waals surface area contributed by atoms with Crippen molar-refractivity contribution >= 4 is 38.8 Å². The van der Waals surface area contributed by atoms with E-state index in [1.165, 1.54) is 12.1 Å². The van der Waals surface area contributed by atoms with Crippen LogP contribution in [0.25, 0.3) is 22.3 Å². The Bertz CT molecular complexity index is 1480. The normalized spacial score (nSPS) is 11.5. The Morgan fingerprint density at radius 2 is 1.94 bits per heavy atom. The molecular formula is C18H10ClF2N5O5S. The van der Waals surface area contributed by atoms with Gasteiger partial charge in [0.25, 0.3) is 0 Å². The minimum Gasteiger partial charge on any atom is -0.436 e. The molecule has 0 spiro atoms. The zero-order chi connectivity index (χ0) is 23.0. The summed E-state index contributed by atoms with van der Waals surface area (Å²) < 4.78 is 60.4. The summed E-state index contributed by atoms with van der Waals surface area (Å²) >= 11 is 6.16. The maximum atomic E-state index is 13.8. The van der Waals surface area contributed by atoms with Crippen molar-refractivity contribution in [2.75, 3.05) is 0 Å². The molecule has 0 aliphatic heterocycles. The third-order valence-electron chi connectivity index (χ3n) is 4.05. The number of hydrogen-bond donors (Lipinski definition) is 2. The molecular weight excluding hydrogens is 472 g/mol. The lowest BCUT2D eigenvalue weighted by atomic mass is 10.1. The summed E-state index contributed by atoms with van der Waals surface area (Å²) in [6, 6.07) is 6.78. The Kier molecular flexibility index (Phi) is 5.36. The topological polar surface area (TPSA) is 150 Å². The molecule has 3 heterocycles. The van der Waals surface area contributed by atoms with E-state index in [1.54, 1.807) is 0 Å². The smallest absolute Gasteiger partial charge is 0.420 e. The highest BCUT2D eigenvalue weighted by atomic mass is 35.5. The Balaban J connectivity index is 1.72. The average molecular weight is 482 g/mol. The molecule has 0 unspecified atom stereocenters. The zero-order valence-electron chi connectivity index (χ0n) is 15.5. The van der Waals surface area contributed by atoms with E-state index in [0.29, 0.717) is 11.5 Å². The molecule has 1 aromatic carbocycles. The van der Waals surface area contributed by atoms with E-state index in [1.807, 2.05) is 0 Å². The summed E-state index contributed by atoms with van der Waals surface area (Å²) in [5.41, 5.74) is 5.33. The van der Waals surface area contributed by atoms with Crippen molar-refractivity contribution in [2.45, 2.75) is 5.03 Å². The fourth-order valence-electron chi connectivity index (χ4n) is 2.71. The van der Waals surface area contributed by atoms with Crippen molar-refractivity contribution in [3.8, 4) is 22.9 Å². The third-order valence-corrected chi connectivity index (χ3v) is 5.47. The quantitative estimate of drug-likeness (QED) is 0.411. The van der Waals surface area contributed by atoms with Gasteiger partial charge in [-0.3, -0.25) is 5.10 Å². The van der Waals surface area contributed by atoms with Crippen molar-refractivity contribution < 1.29 is 30.9 Å². The van der Waals surface area contributed by atoms with Crippen molar-refractivity contribution in [2.24, 2.45) is 5.73 Å². The Labute approximate surface area is 183 Å². The molecule has 10 nitrogen and oxygen atoms in total. The lowest BCUT2D eigenvalue weighted by molar-refractivity contribution is 0.212. The highest BCUT2D eigenvalue weighted by Gasteiger charge is 2.23. The molecule has 164 valence electrons. The standard InChI is InChI=1S/C18H10ClF2N5O5S/c19-11-7-23-15(32(28,29)31-18(22)27)6-10(11)16-9-2-4-14(24-17(9)26-25-16)30-13-3-1-8(20)5-12(13)21/h1-7H,(H2,22,27)(H,24,25,26). The summed E-state index contributed by atoms with van der Waals surface area (Å²) in [4.78, 5) is 18.6. The summed E-state index contributed by atoms with van der Waals surface area (Å²) in [5.74, 6) is -1.94. The molecule has 0 aliphatic carbocycles. The Hall–Kier alpha value is -3.84. The van der Waals surface area contributed by atoms with Crippen LogP contribution in [-0.2, 0) is 14.3 Å². The zero-order valence-corrected chi connectivity index (χ0v) is 17.1. The fraction of sp³-hybridized carbons (Fsp3) is 0. The van der Waals surface area contributed by atoms with Gasteiger partial charge in [0.15, 0.2) is 22.2 Å². The van der Waals surface area contributed by atoms with Crippen LogP contribution in [0.1, 0.15) is 0 Å². The summed E-state index contributed by atoms with van der Waals surface area (Å²) in [7, 11) is -4.57. The van der Waals surface area contributed by atoms with Crippen molar-refractivity contribution in [1.82, 2.24) is 20.2 Å². The van der Waals surface area contributed by atoms with Crippen LogP contribution in [0.4, 0.5) is 13.6 Å². The van der Waals surface area contributed by atoms with Crippen LogP contribution in [0.3, 0.4) is 0 Å². The molecule has 4 aromatic rings. The van der Waals surface area contributed by atoms with Crippen molar-refractivity contribution in [3.05, 3.63) is 59.3 Å². The van der Waals surface area contributed by atoms with Crippen molar-refractivity contribution in [1.29, 1.82) is 0 Å². The van der Waals surface area contributed by atoms with Gasteiger partial charge < -0.3 is 14.7 Å². The molecule has 4 rings (SSSR count). The van der Waals surface area contributed by atoms with Crippen LogP contribution >= 0.6 is 11.6 Å². The molecule has 0 bridgehead atoms. The molecule has 0 aliphatic rings. The maximum absolute atomic E-state index is 13.8. The number of halogens is 3. The molecule has 0 saturated heterocycles. The molecule has 0 atom stereocenters. The number of nitrogens with zero attached hydrogens (tertiary/aromatic N) is 3. The van der Waals surface area contributed by atoms with E-state index in [4.69, 9.17) is 22.1 Å². The van der Waals surface area contributed by atoms with Gasteiger partial charge in [-0.2, -0.15) is 18.5 Å². The minimum atomic E-state index is -4.57. The van der Waals surface area contributed by atoms with Crippen LogP contribution < -0.4 is 10.5 Å². The van der Waals surface area contributed by atoms with Crippen molar-refractivity contribution in [3.63, 3.8) is 0 Å². The minimum absolute atomic E-state index is 0.0278. The highest BCUT2D eigenvalue weighted by Crippen LogP contribution is 2.34. The molecule has 0 saturated carbocycles. The number of aromatic nitrogens is 4. The lowest BCUT2D eigenvalue weighted by Crippen LogP contribution is -2.19. The summed E-state index contributed by atoms with van der Waals surface area (Å²) in [5, 5.41) is 6.53.